The summed E-state index contributed by atoms with van der Waals surface area (Å²) in [7, 11) is 0. The highest BCUT2D eigenvalue weighted by molar-refractivity contribution is 5.98. The predicted octanol–water partition coefficient (Wildman–Crippen LogP) is -1.65. The average Bonchev–Trinajstić information content (AvgIpc) is 3.62. The van der Waals surface area contributed by atoms with Gasteiger partial charge in [-0.05, 0) is 49.9 Å². The van der Waals surface area contributed by atoms with Crippen molar-refractivity contribution in [3.05, 3.63) is 0 Å². The van der Waals surface area contributed by atoms with Crippen molar-refractivity contribution in [1.82, 2.24) is 31.5 Å². The number of aliphatic hydroxyl groups is 1. The van der Waals surface area contributed by atoms with Crippen LogP contribution in [0.25, 0.3) is 0 Å². The molecule has 0 aromatic heterocycles. The van der Waals surface area contributed by atoms with Crippen molar-refractivity contribution < 1.29 is 43.8 Å². The second-order valence-corrected chi connectivity index (χ2v) is 13.7. The van der Waals surface area contributed by atoms with Crippen LogP contribution in [0.5, 0.6) is 0 Å². The van der Waals surface area contributed by atoms with Gasteiger partial charge in [0, 0.05) is 13.1 Å². The van der Waals surface area contributed by atoms with E-state index in [4.69, 9.17) is 5.73 Å². The number of aliphatic hydroxyl groups excluding tert-OH is 1. The maximum Gasteiger partial charge on any atom is 0.326 e. The summed E-state index contributed by atoms with van der Waals surface area (Å²) in [5, 5.41) is 32.6. The summed E-state index contributed by atoms with van der Waals surface area (Å²) < 4.78 is 0. The summed E-state index contributed by atoms with van der Waals surface area (Å²) in [6.45, 7) is 11.1. The van der Waals surface area contributed by atoms with Crippen LogP contribution in [-0.2, 0) is 33.6 Å². The summed E-state index contributed by atoms with van der Waals surface area (Å²) >= 11 is 0. The highest BCUT2D eigenvalue weighted by Gasteiger charge is 2.40. The van der Waals surface area contributed by atoms with Gasteiger partial charge in [-0.25, -0.2) is 4.79 Å². The van der Waals surface area contributed by atoms with E-state index in [1.807, 2.05) is 27.7 Å². The molecule has 2 aliphatic heterocycles. The summed E-state index contributed by atoms with van der Waals surface area (Å²) in [4.78, 5) is 91.5. The molecule has 0 aromatic carbocycles. The molecule has 0 saturated carbocycles. The molecule has 6 amide bonds. The summed E-state index contributed by atoms with van der Waals surface area (Å²) in [6.07, 6.45) is 0.0901. The van der Waals surface area contributed by atoms with Crippen molar-refractivity contribution in [1.29, 1.82) is 0 Å². The quantitative estimate of drug-likeness (QED) is 0.0877. The van der Waals surface area contributed by atoms with Gasteiger partial charge in [0.25, 0.3) is 0 Å². The second-order valence-electron chi connectivity index (χ2n) is 13.7. The smallest absolute Gasteiger partial charge is 0.326 e. The third-order valence-corrected chi connectivity index (χ3v) is 8.19. The third kappa shape index (κ3) is 12.1. The van der Waals surface area contributed by atoms with Gasteiger partial charge in [-0.2, -0.15) is 0 Å². The molecule has 0 unspecified atom stereocenters. The SMILES string of the molecule is CC(C)C[C@H](NC(=O)[C@@H]1CCCN1C(=O)[C@H](CC(N)=O)NC(=O)[C@@H](NC(=O)[C@H](CC(C)C)NC(=O)[C@@H]1C[C@@H](O)CN1)C(C)C)C(=O)O. The number of carbonyl (C=O) groups excluding carboxylic acids is 6. The van der Waals surface area contributed by atoms with Gasteiger partial charge in [-0.1, -0.05) is 41.5 Å². The van der Waals surface area contributed by atoms with Crippen LogP contribution in [0.2, 0.25) is 0 Å². The highest BCUT2D eigenvalue weighted by atomic mass is 16.4. The lowest BCUT2D eigenvalue weighted by Gasteiger charge is -2.31. The molecule has 47 heavy (non-hydrogen) atoms. The van der Waals surface area contributed by atoms with E-state index < -0.39 is 96.1 Å². The van der Waals surface area contributed by atoms with E-state index >= 15 is 0 Å². The number of likely N-dealkylation sites (tertiary alicyclic amines) is 1. The van der Waals surface area contributed by atoms with E-state index in [-0.39, 0.29) is 50.6 Å². The summed E-state index contributed by atoms with van der Waals surface area (Å²) in [5.41, 5.74) is 5.42. The van der Waals surface area contributed by atoms with Crippen LogP contribution in [0, 0.1) is 17.8 Å². The minimum absolute atomic E-state index is 0.00108. The number of amides is 6. The molecule has 2 saturated heterocycles. The fourth-order valence-electron chi connectivity index (χ4n) is 5.81. The molecule has 0 spiro atoms. The summed E-state index contributed by atoms with van der Waals surface area (Å²) in [6, 6.07) is -6.45. The monoisotopic (exact) mass is 667 g/mol. The van der Waals surface area contributed by atoms with E-state index in [2.05, 4.69) is 26.6 Å². The number of nitrogens with two attached hydrogens (primary N) is 1. The number of β-amino-alcohol motifs (C(OH)–C–C–N with tert-alkyl or cyclic N) is 1. The van der Waals surface area contributed by atoms with E-state index in [9.17, 15) is 43.8 Å². The number of nitrogens with one attached hydrogen (secondary N) is 5. The predicted molar refractivity (Wildman–Crippen MR) is 170 cm³/mol. The van der Waals surface area contributed by atoms with Crippen molar-refractivity contribution >= 4 is 41.4 Å². The number of carboxylic acid groups (broad SMARTS) is 1. The number of aliphatic carboxylic acids is 1. The van der Waals surface area contributed by atoms with Gasteiger partial charge >= 0.3 is 5.97 Å². The molecule has 2 rings (SSSR count). The second kappa shape index (κ2) is 17.9. The molecule has 266 valence electrons. The van der Waals surface area contributed by atoms with Crippen LogP contribution in [-0.4, -0.2) is 112 Å². The first-order valence-electron chi connectivity index (χ1n) is 16.4. The van der Waals surface area contributed by atoms with Crippen LogP contribution in [0.15, 0.2) is 0 Å². The number of hydrogen-bond donors (Lipinski definition) is 8. The van der Waals surface area contributed by atoms with Crippen molar-refractivity contribution in [3.8, 4) is 0 Å². The van der Waals surface area contributed by atoms with Crippen LogP contribution in [0.4, 0.5) is 0 Å². The Kier molecular flexibility index (Phi) is 15.0. The maximum atomic E-state index is 13.7. The molecular weight excluding hydrogens is 614 g/mol. The topological polar surface area (TPSA) is 249 Å². The number of hydrogen-bond acceptors (Lipinski definition) is 9. The Labute approximate surface area is 275 Å². The first kappa shape index (κ1) is 39.4. The number of carbonyl (C=O) groups is 7. The molecule has 2 fully saturated rings. The normalized spacial score (nSPS) is 22.0. The van der Waals surface area contributed by atoms with Gasteiger partial charge in [0.15, 0.2) is 0 Å². The molecule has 2 aliphatic rings. The zero-order chi connectivity index (χ0) is 35.6. The lowest BCUT2D eigenvalue weighted by atomic mass is 9.99. The Balaban J connectivity index is 2.20. The Morgan fingerprint density at radius 1 is 0.830 bits per heavy atom. The standard InChI is InChI=1S/C31H53N7O9/c1-15(2)10-20(34-26(41)19-12-18(39)14-33-19)27(42)37-25(17(5)6)29(44)35-21(13-24(32)40)30(45)38-9-7-8-23(38)28(43)36-22(31(46)47)11-16(3)4/h15-23,25,33,39H,7-14H2,1-6H3,(H2,32,40)(H,34,41)(H,35,44)(H,36,43)(H,37,42)(H,46,47)/t18-,19+,20+,21+,22+,23+,25+/m1/s1. The molecule has 0 aliphatic carbocycles. The van der Waals surface area contributed by atoms with Crippen molar-refractivity contribution in [2.24, 2.45) is 23.5 Å². The zero-order valence-corrected chi connectivity index (χ0v) is 28.2. The van der Waals surface area contributed by atoms with Crippen LogP contribution in [0.1, 0.15) is 80.1 Å². The molecule has 0 aromatic rings. The zero-order valence-electron chi connectivity index (χ0n) is 28.2. The molecular formula is C31H53N7O9. The average molecular weight is 668 g/mol. The van der Waals surface area contributed by atoms with Crippen molar-refractivity contribution in [2.45, 2.75) is 122 Å². The van der Waals surface area contributed by atoms with Gasteiger partial charge in [0.1, 0.15) is 30.2 Å². The van der Waals surface area contributed by atoms with Crippen molar-refractivity contribution in [3.63, 3.8) is 0 Å². The van der Waals surface area contributed by atoms with Gasteiger partial charge < -0.3 is 47.4 Å². The Bertz CT molecular complexity index is 1160. The molecule has 2 heterocycles. The van der Waals surface area contributed by atoms with Gasteiger partial charge in [-0.3, -0.25) is 28.8 Å². The number of carboxylic acids is 1. The Hall–Kier alpha value is -3.79. The molecule has 16 nitrogen and oxygen atoms in total. The largest absolute Gasteiger partial charge is 0.480 e. The van der Waals surface area contributed by atoms with Crippen molar-refractivity contribution in [2.75, 3.05) is 13.1 Å². The number of rotatable bonds is 17. The maximum absolute atomic E-state index is 13.7. The molecule has 9 N–H and O–H groups in total. The molecule has 0 bridgehead atoms. The highest BCUT2D eigenvalue weighted by Crippen LogP contribution is 2.20. The minimum atomic E-state index is -1.46. The lowest BCUT2D eigenvalue weighted by molar-refractivity contribution is -0.145. The molecule has 7 atom stereocenters. The fraction of sp³-hybridized carbons (Fsp3) is 0.774. The first-order valence-corrected chi connectivity index (χ1v) is 16.4. The number of primary amides is 1. The summed E-state index contributed by atoms with van der Waals surface area (Å²) in [5.74, 6) is -5.83. The van der Waals surface area contributed by atoms with Gasteiger partial charge in [0.2, 0.25) is 35.4 Å². The van der Waals surface area contributed by atoms with Crippen LogP contribution < -0.4 is 32.3 Å². The fourth-order valence-corrected chi connectivity index (χ4v) is 5.81. The molecule has 16 heteroatoms. The number of nitrogens with zero attached hydrogens (tertiary/aromatic N) is 1. The van der Waals surface area contributed by atoms with Gasteiger partial charge in [0.05, 0.1) is 18.6 Å². The van der Waals surface area contributed by atoms with Gasteiger partial charge in [-0.15, -0.1) is 0 Å². The van der Waals surface area contributed by atoms with E-state index in [1.165, 1.54) is 4.90 Å². The van der Waals surface area contributed by atoms with E-state index in [0.717, 1.165) is 0 Å². The van der Waals surface area contributed by atoms with Crippen LogP contribution >= 0.6 is 0 Å². The third-order valence-electron chi connectivity index (χ3n) is 8.19. The lowest BCUT2D eigenvalue weighted by Crippen LogP contribution is -2.60. The Morgan fingerprint density at radius 2 is 1.43 bits per heavy atom. The van der Waals surface area contributed by atoms with E-state index in [1.54, 1.807) is 13.8 Å². The van der Waals surface area contributed by atoms with Crippen LogP contribution in [0.3, 0.4) is 0 Å². The molecule has 0 radical (unpaired) electrons. The minimum Gasteiger partial charge on any atom is -0.480 e. The van der Waals surface area contributed by atoms with E-state index in [0.29, 0.717) is 6.42 Å². The first-order chi connectivity index (χ1) is 21.9. The Morgan fingerprint density at radius 3 is 1.94 bits per heavy atom.